The van der Waals surface area contributed by atoms with Gasteiger partial charge in [0, 0.05) is 6.54 Å². The number of nitrogens with one attached hydrogen (secondary N) is 2. The van der Waals surface area contributed by atoms with E-state index in [1.54, 1.807) is 0 Å². The van der Waals surface area contributed by atoms with Crippen LogP contribution in [0.1, 0.15) is 6.42 Å². The van der Waals surface area contributed by atoms with Gasteiger partial charge in [-0.15, -0.1) is 0 Å². The number of halogens is 1. The zero-order chi connectivity index (χ0) is 14.5. The summed E-state index contributed by atoms with van der Waals surface area (Å²) in [7, 11) is 1.25. The number of hydrogen-bond donors (Lipinski definition) is 2. The van der Waals surface area contributed by atoms with E-state index in [0.29, 0.717) is 11.6 Å². The summed E-state index contributed by atoms with van der Waals surface area (Å²) in [5.41, 5.74) is -0.0173. The molecule has 1 unspecified atom stereocenters. The van der Waals surface area contributed by atoms with E-state index in [1.165, 1.54) is 13.3 Å². The van der Waals surface area contributed by atoms with Gasteiger partial charge >= 0.3 is 5.97 Å². The zero-order valence-electron chi connectivity index (χ0n) is 11.2. The van der Waals surface area contributed by atoms with Gasteiger partial charge in [0.05, 0.1) is 19.0 Å². The van der Waals surface area contributed by atoms with Crippen LogP contribution in [-0.4, -0.2) is 42.5 Å². The second-order valence-corrected chi connectivity index (χ2v) is 5.03. The molecule has 1 aromatic heterocycles. The Bertz CT molecular complexity index is 540. The molecule has 1 saturated heterocycles. The Morgan fingerprint density at radius 2 is 2.50 bits per heavy atom. The van der Waals surface area contributed by atoms with Crippen molar-refractivity contribution in [3.05, 3.63) is 21.6 Å². The number of methoxy groups -OCH3 is 1. The molecule has 2 N–H and O–H groups in total. The van der Waals surface area contributed by atoms with Crippen LogP contribution >= 0.6 is 11.6 Å². The maximum atomic E-state index is 11.9. The van der Waals surface area contributed by atoms with Crippen LogP contribution in [0.3, 0.4) is 0 Å². The minimum Gasteiger partial charge on any atom is -0.468 e. The van der Waals surface area contributed by atoms with Crippen molar-refractivity contribution < 1.29 is 9.53 Å². The van der Waals surface area contributed by atoms with Crippen LogP contribution in [0.2, 0.25) is 5.02 Å². The summed E-state index contributed by atoms with van der Waals surface area (Å²) >= 11 is 6.01. The smallest absolute Gasteiger partial charge is 0.327 e. The second kappa shape index (κ2) is 6.71. The number of hydrogen-bond acceptors (Lipinski definition) is 6. The Kier molecular flexibility index (Phi) is 4.97. The first-order valence-electron chi connectivity index (χ1n) is 6.39. The second-order valence-electron chi connectivity index (χ2n) is 4.65. The maximum Gasteiger partial charge on any atom is 0.327 e. The van der Waals surface area contributed by atoms with E-state index in [2.05, 4.69) is 20.5 Å². The highest BCUT2D eigenvalue weighted by Crippen LogP contribution is 2.17. The lowest BCUT2D eigenvalue weighted by molar-refractivity contribution is -0.141. The van der Waals surface area contributed by atoms with Crippen molar-refractivity contribution in [1.82, 2.24) is 15.1 Å². The number of nitrogens with zero attached hydrogens (tertiary/aromatic N) is 2. The summed E-state index contributed by atoms with van der Waals surface area (Å²) < 4.78 is 5.47. The normalized spacial score (nSPS) is 18.0. The number of esters is 1. The van der Waals surface area contributed by atoms with Gasteiger partial charge in [-0.05, 0) is 25.4 Å². The molecule has 110 valence electrons. The van der Waals surface area contributed by atoms with Crippen LogP contribution < -0.4 is 16.2 Å². The summed E-state index contributed by atoms with van der Waals surface area (Å²) in [6, 6.07) is 0. The number of ether oxygens (including phenoxy) is 1. The molecule has 1 aliphatic heterocycles. The number of rotatable bonds is 5. The molecule has 2 heterocycles. The number of carbonyl (C=O) groups is 1. The van der Waals surface area contributed by atoms with E-state index in [0.717, 1.165) is 30.7 Å². The van der Waals surface area contributed by atoms with Gasteiger partial charge in [0.1, 0.15) is 11.6 Å². The fraction of sp³-hybridized carbons (Fsp3) is 0.583. The van der Waals surface area contributed by atoms with E-state index in [9.17, 15) is 9.59 Å². The molecule has 2 rings (SSSR count). The molecule has 0 bridgehead atoms. The quantitative estimate of drug-likeness (QED) is 0.750. The molecule has 7 nitrogen and oxygen atoms in total. The fourth-order valence-corrected chi connectivity index (χ4v) is 2.24. The van der Waals surface area contributed by atoms with Crippen molar-refractivity contribution in [2.45, 2.75) is 13.0 Å². The standard InChI is InChI=1S/C12H17ClN4O3/c1-20-10(18)7-17-12(19)11(13)9(6-16-17)15-5-8-2-3-14-4-8/h6,8,14-15H,2-5,7H2,1H3. The number of aromatic nitrogens is 2. The SMILES string of the molecule is COC(=O)Cn1ncc(NCC2CCNC2)c(Cl)c1=O. The van der Waals surface area contributed by atoms with Crippen LogP contribution in [0, 0.1) is 5.92 Å². The average Bonchev–Trinajstić information content (AvgIpc) is 2.96. The van der Waals surface area contributed by atoms with Crippen LogP contribution in [-0.2, 0) is 16.1 Å². The van der Waals surface area contributed by atoms with E-state index >= 15 is 0 Å². The van der Waals surface area contributed by atoms with E-state index in [1.807, 2.05) is 0 Å². The molecule has 0 saturated carbocycles. The highest BCUT2D eigenvalue weighted by molar-refractivity contribution is 6.32. The summed E-state index contributed by atoms with van der Waals surface area (Å²) in [6.07, 6.45) is 2.55. The third kappa shape index (κ3) is 3.49. The van der Waals surface area contributed by atoms with Crippen molar-refractivity contribution in [3.8, 4) is 0 Å². The third-order valence-electron chi connectivity index (χ3n) is 3.23. The minimum absolute atomic E-state index is 0.0369. The lowest BCUT2D eigenvalue weighted by Gasteiger charge is -2.12. The van der Waals surface area contributed by atoms with Gasteiger partial charge in [0.15, 0.2) is 0 Å². The highest BCUT2D eigenvalue weighted by Gasteiger charge is 2.16. The van der Waals surface area contributed by atoms with Gasteiger partial charge in [-0.3, -0.25) is 9.59 Å². The van der Waals surface area contributed by atoms with Crippen molar-refractivity contribution in [2.24, 2.45) is 5.92 Å². The maximum absolute atomic E-state index is 11.9. The zero-order valence-corrected chi connectivity index (χ0v) is 11.9. The summed E-state index contributed by atoms with van der Waals surface area (Å²) in [4.78, 5) is 23.1. The van der Waals surface area contributed by atoms with Crippen molar-refractivity contribution >= 4 is 23.3 Å². The fourth-order valence-electron chi connectivity index (χ4n) is 2.03. The molecule has 1 aromatic rings. The molecule has 1 fully saturated rings. The molecule has 8 heteroatoms. The molecular formula is C12H17ClN4O3. The molecule has 0 radical (unpaired) electrons. The van der Waals surface area contributed by atoms with E-state index in [4.69, 9.17) is 11.6 Å². The Hall–Kier alpha value is -1.60. The van der Waals surface area contributed by atoms with Gasteiger partial charge in [0.2, 0.25) is 0 Å². The number of carbonyl (C=O) groups excluding carboxylic acids is 1. The predicted molar refractivity (Wildman–Crippen MR) is 75.0 cm³/mol. The van der Waals surface area contributed by atoms with Crippen LogP contribution in [0.25, 0.3) is 0 Å². The Morgan fingerprint density at radius 3 is 3.15 bits per heavy atom. The lowest BCUT2D eigenvalue weighted by atomic mass is 10.1. The first-order chi connectivity index (χ1) is 9.61. The Morgan fingerprint density at radius 1 is 1.70 bits per heavy atom. The van der Waals surface area contributed by atoms with E-state index in [-0.39, 0.29) is 11.6 Å². The first-order valence-corrected chi connectivity index (χ1v) is 6.76. The Labute approximate surface area is 121 Å². The Balaban J connectivity index is 2.05. The van der Waals surface area contributed by atoms with Crippen LogP contribution in [0.15, 0.2) is 11.0 Å². The largest absolute Gasteiger partial charge is 0.468 e. The van der Waals surface area contributed by atoms with Gasteiger partial charge in [-0.2, -0.15) is 5.10 Å². The number of anilines is 1. The van der Waals surface area contributed by atoms with Crippen molar-refractivity contribution in [2.75, 3.05) is 32.1 Å². The van der Waals surface area contributed by atoms with Crippen LogP contribution in [0.4, 0.5) is 5.69 Å². The molecule has 0 amide bonds. The molecule has 1 atom stereocenters. The average molecular weight is 301 g/mol. The van der Waals surface area contributed by atoms with E-state index < -0.39 is 11.5 Å². The molecule has 0 spiro atoms. The van der Waals surface area contributed by atoms with Crippen molar-refractivity contribution in [1.29, 1.82) is 0 Å². The summed E-state index contributed by atoms with van der Waals surface area (Å²) in [6.45, 7) is 2.45. The molecule has 1 aliphatic rings. The molecule has 0 aliphatic carbocycles. The molecular weight excluding hydrogens is 284 g/mol. The molecule has 0 aromatic carbocycles. The predicted octanol–water partition coefficient (Wildman–Crippen LogP) is 0.0911. The minimum atomic E-state index is -0.548. The topological polar surface area (TPSA) is 85.2 Å². The van der Waals surface area contributed by atoms with Gasteiger partial charge in [-0.1, -0.05) is 11.6 Å². The van der Waals surface area contributed by atoms with Gasteiger partial charge < -0.3 is 15.4 Å². The van der Waals surface area contributed by atoms with Gasteiger partial charge in [0.25, 0.3) is 5.56 Å². The third-order valence-corrected chi connectivity index (χ3v) is 3.60. The summed E-state index contributed by atoms with van der Waals surface area (Å²) in [5, 5.41) is 10.3. The monoisotopic (exact) mass is 300 g/mol. The van der Waals surface area contributed by atoms with Crippen LogP contribution in [0.5, 0.6) is 0 Å². The summed E-state index contributed by atoms with van der Waals surface area (Å²) in [5.74, 6) is -0.0306. The van der Waals surface area contributed by atoms with Gasteiger partial charge in [-0.25, -0.2) is 4.68 Å². The van der Waals surface area contributed by atoms with Crippen molar-refractivity contribution in [3.63, 3.8) is 0 Å². The highest BCUT2D eigenvalue weighted by atomic mass is 35.5. The lowest BCUT2D eigenvalue weighted by Crippen LogP contribution is -2.28. The molecule has 20 heavy (non-hydrogen) atoms. The first kappa shape index (κ1) is 14.8.